The van der Waals surface area contributed by atoms with E-state index in [9.17, 15) is 52.7 Å². The number of hydrogen-bond acceptors (Lipinski definition) is 8. The highest BCUT2D eigenvalue weighted by Crippen LogP contribution is 2.42. The van der Waals surface area contributed by atoms with Crippen molar-refractivity contribution in [3.05, 3.63) is 208 Å². The second-order valence-corrected chi connectivity index (χ2v) is 16.5. The van der Waals surface area contributed by atoms with E-state index in [4.69, 9.17) is 5.73 Å². The Kier molecular flexibility index (Phi) is 16.8. The van der Waals surface area contributed by atoms with Crippen LogP contribution in [0.4, 0.5) is 58.6 Å². The highest BCUT2D eigenvalue weighted by molar-refractivity contribution is 9.10. The monoisotopic (exact) mass is 1070 g/mol. The summed E-state index contributed by atoms with van der Waals surface area (Å²) >= 11 is 3.25. The molecule has 0 saturated heterocycles. The van der Waals surface area contributed by atoms with Gasteiger partial charge in [-0.15, -0.1) is 52.7 Å². The third-order valence-corrected chi connectivity index (χ3v) is 11.1. The molecule has 0 atom stereocenters. The Morgan fingerprint density at radius 1 is 0.423 bits per heavy atom. The lowest BCUT2D eigenvalue weighted by Gasteiger charge is -2.36. The molecule has 0 aliphatic carbocycles. The number of nitrogens with zero attached hydrogens (tertiary/aromatic N) is 2. The summed E-state index contributed by atoms with van der Waals surface area (Å²) in [6, 6.07) is 39.2. The van der Waals surface area contributed by atoms with Gasteiger partial charge >= 0.3 is 25.4 Å². The van der Waals surface area contributed by atoms with Crippen LogP contribution >= 0.6 is 15.9 Å². The summed E-state index contributed by atoms with van der Waals surface area (Å²) in [6.45, 7) is -0.110. The van der Waals surface area contributed by atoms with Gasteiger partial charge in [-0.1, -0.05) is 109 Å². The predicted molar refractivity (Wildman–Crippen MR) is 242 cm³/mol. The lowest BCUT2D eigenvalue weighted by molar-refractivity contribution is -0.275. The molecule has 7 rings (SSSR count). The molecule has 0 unspecified atom stereocenters. The van der Waals surface area contributed by atoms with E-state index in [0.717, 1.165) is 35.4 Å². The van der Waals surface area contributed by atoms with Gasteiger partial charge in [0, 0.05) is 36.3 Å². The van der Waals surface area contributed by atoms with E-state index in [1.54, 1.807) is 72.8 Å². The highest BCUT2D eigenvalue weighted by atomic mass is 79.9. The summed E-state index contributed by atoms with van der Waals surface area (Å²) in [7, 11) is 0. The molecule has 1 aromatic heterocycles. The van der Waals surface area contributed by atoms with Gasteiger partial charge < -0.3 is 30.0 Å². The fourth-order valence-electron chi connectivity index (χ4n) is 7.80. The Bertz CT molecular complexity index is 2680. The zero-order valence-electron chi connectivity index (χ0n) is 36.5. The number of benzene rings is 6. The van der Waals surface area contributed by atoms with E-state index < -0.39 is 59.3 Å². The smallest absolute Gasteiger partial charge is 0.406 e. The van der Waals surface area contributed by atoms with Crippen LogP contribution in [0.25, 0.3) is 0 Å². The van der Waals surface area contributed by atoms with Gasteiger partial charge in [-0.05, 0) is 111 Å². The standard InChI is InChI=1S/C27H20BrF6N3O2.C23H19F6NO2/c28-21-15-35-24(36-16-21)37-17-25(14-18-6-2-1-3-7-18,19-8-4-10-22(12-19)38-26(29,30)31)20-9-5-11-23(13-20)39-27(32,33)34;24-22(25,26)31-19-10-4-8-17(12-19)21(15-30,14-16-6-2-1-3-7-16)18-9-5-11-20(13-18)32-23(27,28)29/h1-13,15-16H,14,17H2,(H,35,36,37);1-13H,14-15,30H2. The minimum absolute atomic E-state index is 0.00549. The number of nitrogens with two attached hydrogens (primary N) is 1. The van der Waals surface area contributed by atoms with E-state index in [-0.39, 0.29) is 31.9 Å². The summed E-state index contributed by atoms with van der Waals surface area (Å²) in [5, 5.41) is 3.10. The maximum atomic E-state index is 13.1. The van der Waals surface area contributed by atoms with E-state index >= 15 is 0 Å². The van der Waals surface area contributed by atoms with E-state index in [0.29, 0.717) is 26.7 Å². The van der Waals surface area contributed by atoms with Crippen LogP contribution in [0.2, 0.25) is 0 Å². The first-order chi connectivity index (χ1) is 33.4. The Hall–Kier alpha value is -7.00. The molecule has 71 heavy (non-hydrogen) atoms. The second kappa shape index (κ2) is 22.4. The van der Waals surface area contributed by atoms with Crippen LogP contribution in [0.1, 0.15) is 33.4 Å². The fraction of sp³-hybridized carbons (Fsp3) is 0.200. The molecule has 0 amide bonds. The molecule has 7 aromatic rings. The largest absolute Gasteiger partial charge is 0.573 e. The van der Waals surface area contributed by atoms with Gasteiger partial charge in [-0.3, -0.25) is 0 Å². The first kappa shape index (κ1) is 53.4. The van der Waals surface area contributed by atoms with Gasteiger partial charge in [-0.25, -0.2) is 9.97 Å². The maximum Gasteiger partial charge on any atom is 0.573 e. The molecule has 0 aliphatic rings. The van der Waals surface area contributed by atoms with Gasteiger partial charge in [0.15, 0.2) is 0 Å². The number of hydrogen-bond donors (Lipinski definition) is 2. The van der Waals surface area contributed by atoms with Crippen molar-refractivity contribution in [1.29, 1.82) is 0 Å². The molecule has 0 bridgehead atoms. The molecule has 6 aromatic carbocycles. The third-order valence-electron chi connectivity index (χ3n) is 10.7. The molecular formula is C50H39BrF12N4O4. The van der Waals surface area contributed by atoms with Crippen molar-refractivity contribution in [2.75, 3.05) is 18.4 Å². The Labute approximate surface area is 406 Å². The van der Waals surface area contributed by atoms with Crippen molar-refractivity contribution < 1.29 is 71.6 Å². The number of alkyl halides is 12. The second-order valence-electron chi connectivity index (χ2n) is 15.6. The van der Waals surface area contributed by atoms with Crippen molar-refractivity contribution in [2.45, 2.75) is 49.1 Å². The third kappa shape index (κ3) is 15.8. The average Bonchev–Trinajstić information content (AvgIpc) is 3.29. The van der Waals surface area contributed by atoms with Crippen molar-refractivity contribution in [3.63, 3.8) is 0 Å². The lowest BCUT2D eigenvalue weighted by atomic mass is 9.70. The molecule has 21 heteroatoms. The number of halogens is 13. The summed E-state index contributed by atoms with van der Waals surface area (Å²) in [5.74, 6) is -1.65. The number of nitrogens with one attached hydrogen (secondary N) is 1. The van der Waals surface area contributed by atoms with Crippen LogP contribution in [-0.4, -0.2) is 48.5 Å². The van der Waals surface area contributed by atoms with Gasteiger partial charge in [0.05, 0.1) is 4.47 Å². The van der Waals surface area contributed by atoms with Gasteiger partial charge in [0.1, 0.15) is 23.0 Å². The minimum atomic E-state index is -4.94. The molecular weight excluding hydrogens is 1030 g/mol. The first-order valence-electron chi connectivity index (χ1n) is 20.9. The number of anilines is 1. The minimum Gasteiger partial charge on any atom is -0.406 e. The maximum absolute atomic E-state index is 13.1. The molecule has 0 aliphatic heterocycles. The normalized spacial score (nSPS) is 12.3. The van der Waals surface area contributed by atoms with Crippen molar-refractivity contribution in [1.82, 2.24) is 9.97 Å². The van der Waals surface area contributed by atoms with Crippen LogP contribution in [0.3, 0.4) is 0 Å². The summed E-state index contributed by atoms with van der Waals surface area (Å²) < 4.78 is 172. The Balaban J connectivity index is 0.000000237. The van der Waals surface area contributed by atoms with E-state index in [1.807, 2.05) is 12.1 Å². The van der Waals surface area contributed by atoms with Crippen molar-refractivity contribution in [3.8, 4) is 23.0 Å². The molecule has 0 spiro atoms. The summed E-state index contributed by atoms with van der Waals surface area (Å²) in [6.07, 6.45) is -16.3. The predicted octanol–water partition coefficient (Wildman–Crippen LogP) is 13.6. The SMILES string of the molecule is FC(F)(F)Oc1cccc(C(CNc2ncc(Br)cn2)(Cc2ccccc2)c2cccc(OC(F)(F)F)c2)c1.NCC(Cc1ccccc1)(c1cccc(OC(F)(F)F)c1)c1cccc(OC(F)(F)F)c1. The highest BCUT2D eigenvalue weighted by Gasteiger charge is 2.40. The zero-order chi connectivity index (χ0) is 51.5. The zero-order valence-corrected chi connectivity index (χ0v) is 38.1. The van der Waals surface area contributed by atoms with Gasteiger partial charge in [0.2, 0.25) is 5.95 Å². The molecule has 374 valence electrons. The fourth-order valence-corrected chi connectivity index (χ4v) is 8.01. The number of aromatic nitrogens is 2. The van der Waals surface area contributed by atoms with Gasteiger partial charge in [-0.2, -0.15) is 0 Å². The Morgan fingerprint density at radius 3 is 1.04 bits per heavy atom. The molecule has 0 fully saturated rings. The quantitative estimate of drug-likeness (QED) is 0.0923. The average molecular weight is 1070 g/mol. The number of ether oxygens (including phenoxy) is 4. The molecule has 1 heterocycles. The summed E-state index contributed by atoms with van der Waals surface area (Å²) in [5.41, 5.74) is 6.75. The van der Waals surface area contributed by atoms with E-state index in [2.05, 4.69) is 50.2 Å². The number of rotatable bonds is 16. The molecule has 8 nitrogen and oxygen atoms in total. The van der Waals surface area contributed by atoms with Crippen LogP contribution in [0, 0.1) is 0 Å². The Morgan fingerprint density at radius 2 is 0.732 bits per heavy atom. The van der Waals surface area contributed by atoms with Crippen LogP contribution < -0.4 is 30.0 Å². The van der Waals surface area contributed by atoms with Crippen LogP contribution in [-0.2, 0) is 23.7 Å². The van der Waals surface area contributed by atoms with E-state index in [1.165, 1.54) is 60.9 Å². The van der Waals surface area contributed by atoms with Gasteiger partial charge in [0.25, 0.3) is 0 Å². The topological polar surface area (TPSA) is 101 Å². The lowest BCUT2D eigenvalue weighted by Crippen LogP contribution is -2.39. The van der Waals surface area contributed by atoms with Crippen molar-refractivity contribution >= 4 is 21.9 Å². The summed E-state index contributed by atoms with van der Waals surface area (Å²) in [4.78, 5) is 8.38. The molecule has 0 saturated carbocycles. The first-order valence-corrected chi connectivity index (χ1v) is 21.7. The molecule has 0 radical (unpaired) electrons. The van der Waals surface area contributed by atoms with Crippen molar-refractivity contribution in [2.24, 2.45) is 5.73 Å². The van der Waals surface area contributed by atoms with Crippen LogP contribution in [0.5, 0.6) is 23.0 Å². The molecule has 3 N–H and O–H groups in total. The van der Waals surface area contributed by atoms with Crippen LogP contribution in [0.15, 0.2) is 175 Å².